The number of aromatic nitrogens is 2. The zero-order chi connectivity index (χ0) is 20.8. The number of ketones is 1. The topological polar surface area (TPSA) is 76.1 Å². The summed E-state index contributed by atoms with van der Waals surface area (Å²) >= 11 is 6.44. The summed E-state index contributed by atoms with van der Waals surface area (Å²) in [7, 11) is 0. The number of nitrogens with one attached hydrogen (secondary N) is 2. The number of carbonyl (C=O) groups excluding carboxylic acids is 1. The highest BCUT2D eigenvalue weighted by Crippen LogP contribution is 2.28. The van der Waals surface area contributed by atoms with E-state index in [2.05, 4.69) is 15.6 Å². The van der Waals surface area contributed by atoms with Crippen LogP contribution in [0.2, 0.25) is 5.02 Å². The zero-order valence-corrected chi connectivity index (χ0v) is 18.0. The number of rotatable bonds is 7. The fraction of sp³-hybridized carbons (Fsp3) is 0.522. The maximum atomic E-state index is 12.7. The highest BCUT2D eigenvalue weighted by Gasteiger charge is 2.22. The first-order valence-corrected chi connectivity index (χ1v) is 11.2. The molecule has 2 aromatic rings. The van der Waals surface area contributed by atoms with E-state index in [9.17, 15) is 4.79 Å². The molecule has 0 spiro atoms. The molecule has 160 valence electrons. The molecule has 0 aliphatic carbocycles. The number of ether oxygens (including phenoxy) is 1. The van der Waals surface area contributed by atoms with Crippen LogP contribution in [0.25, 0.3) is 11.3 Å². The number of piperidine rings is 1. The van der Waals surface area contributed by atoms with Crippen molar-refractivity contribution in [2.24, 2.45) is 11.8 Å². The zero-order valence-electron chi connectivity index (χ0n) is 17.2. The number of carbonyl (C=O) groups is 1. The van der Waals surface area contributed by atoms with E-state index in [1.54, 1.807) is 6.20 Å². The number of anilines is 1. The third-order valence-corrected chi connectivity index (χ3v) is 6.30. The Balaban J connectivity index is 1.45. The van der Waals surface area contributed by atoms with Crippen molar-refractivity contribution in [3.05, 3.63) is 41.2 Å². The van der Waals surface area contributed by atoms with Crippen molar-refractivity contribution in [2.45, 2.75) is 32.1 Å². The summed E-state index contributed by atoms with van der Waals surface area (Å²) in [5.41, 5.74) is 2.35. The highest BCUT2D eigenvalue weighted by molar-refractivity contribution is 6.33. The molecule has 0 bridgehead atoms. The van der Waals surface area contributed by atoms with E-state index >= 15 is 0 Å². The largest absolute Gasteiger partial charge is 0.381 e. The van der Waals surface area contributed by atoms with E-state index in [4.69, 9.17) is 21.3 Å². The minimum Gasteiger partial charge on any atom is -0.381 e. The van der Waals surface area contributed by atoms with Crippen LogP contribution in [-0.4, -0.2) is 48.6 Å². The predicted octanol–water partition coefficient (Wildman–Crippen LogP) is 3.75. The van der Waals surface area contributed by atoms with Crippen LogP contribution in [0.15, 0.2) is 30.5 Å². The molecule has 2 aliphatic rings. The van der Waals surface area contributed by atoms with Crippen LogP contribution in [0.1, 0.15) is 31.4 Å². The molecule has 4 heterocycles. The van der Waals surface area contributed by atoms with Gasteiger partial charge in [-0.25, -0.2) is 4.98 Å². The molecule has 0 unspecified atom stereocenters. The number of nitrogens with zero attached hydrogens (tertiary/aromatic N) is 2. The molecule has 30 heavy (non-hydrogen) atoms. The van der Waals surface area contributed by atoms with Gasteiger partial charge in [-0.2, -0.15) is 0 Å². The maximum absolute atomic E-state index is 12.7. The first-order valence-electron chi connectivity index (χ1n) is 10.9. The molecule has 0 aromatic carbocycles. The fourth-order valence-corrected chi connectivity index (χ4v) is 4.32. The average Bonchev–Trinajstić information content (AvgIpc) is 2.80. The second kappa shape index (κ2) is 10.3. The van der Waals surface area contributed by atoms with Crippen molar-refractivity contribution in [3.63, 3.8) is 0 Å². The third-order valence-electron chi connectivity index (χ3n) is 6.00. The van der Waals surface area contributed by atoms with Gasteiger partial charge in [-0.1, -0.05) is 17.7 Å². The van der Waals surface area contributed by atoms with Crippen molar-refractivity contribution in [1.82, 2.24) is 15.3 Å². The minimum absolute atomic E-state index is 0.128. The summed E-state index contributed by atoms with van der Waals surface area (Å²) in [6, 6.07) is 7.80. The lowest BCUT2D eigenvalue weighted by Gasteiger charge is -2.22. The Morgan fingerprint density at radius 3 is 2.80 bits per heavy atom. The van der Waals surface area contributed by atoms with Gasteiger partial charge >= 0.3 is 0 Å². The highest BCUT2D eigenvalue weighted by atomic mass is 35.5. The van der Waals surface area contributed by atoms with E-state index in [-0.39, 0.29) is 11.7 Å². The maximum Gasteiger partial charge on any atom is 0.142 e. The molecule has 0 radical (unpaired) electrons. The second-order valence-electron chi connectivity index (χ2n) is 8.17. The van der Waals surface area contributed by atoms with Gasteiger partial charge in [0, 0.05) is 49.6 Å². The van der Waals surface area contributed by atoms with Gasteiger partial charge in [0.05, 0.1) is 10.7 Å². The standard InChI is InChI=1S/C23H29ClN4O2/c24-20-15-26-18(13-22(29)17-4-8-25-9-5-17)12-19(20)21-2-1-3-23(28-21)27-14-16-6-10-30-11-7-16/h1-3,12,15-17,25H,4-11,13-14H2,(H,27,28). The smallest absolute Gasteiger partial charge is 0.142 e. The lowest BCUT2D eigenvalue weighted by atomic mass is 9.91. The minimum atomic E-state index is 0.128. The monoisotopic (exact) mass is 428 g/mol. The molecule has 0 saturated carbocycles. The van der Waals surface area contributed by atoms with E-state index in [1.165, 1.54) is 0 Å². The molecular weight excluding hydrogens is 400 g/mol. The van der Waals surface area contributed by atoms with Gasteiger partial charge in [0.1, 0.15) is 11.6 Å². The van der Waals surface area contributed by atoms with Gasteiger partial charge in [0.25, 0.3) is 0 Å². The van der Waals surface area contributed by atoms with Crippen LogP contribution in [0, 0.1) is 11.8 Å². The summed E-state index contributed by atoms with van der Waals surface area (Å²) in [5, 5.41) is 7.29. The Hall–Kier alpha value is -2.02. The molecular formula is C23H29ClN4O2. The van der Waals surface area contributed by atoms with Gasteiger partial charge in [-0.15, -0.1) is 0 Å². The Morgan fingerprint density at radius 2 is 2.00 bits per heavy atom. The van der Waals surface area contributed by atoms with Crippen LogP contribution >= 0.6 is 11.6 Å². The van der Waals surface area contributed by atoms with E-state index < -0.39 is 0 Å². The number of hydrogen-bond donors (Lipinski definition) is 2. The Morgan fingerprint density at radius 1 is 1.20 bits per heavy atom. The summed E-state index contributed by atoms with van der Waals surface area (Å²) < 4.78 is 5.43. The second-order valence-corrected chi connectivity index (χ2v) is 8.57. The lowest BCUT2D eigenvalue weighted by Crippen LogP contribution is -2.32. The van der Waals surface area contributed by atoms with Crippen LogP contribution < -0.4 is 10.6 Å². The van der Waals surface area contributed by atoms with Crippen molar-refractivity contribution in [1.29, 1.82) is 0 Å². The first-order chi connectivity index (χ1) is 14.7. The van der Waals surface area contributed by atoms with Crippen molar-refractivity contribution >= 4 is 23.2 Å². The number of pyridine rings is 2. The van der Waals surface area contributed by atoms with Crippen molar-refractivity contribution in [3.8, 4) is 11.3 Å². The van der Waals surface area contributed by atoms with Gasteiger partial charge < -0.3 is 15.4 Å². The molecule has 2 aromatic heterocycles. The quantitative estimate of drug-likeness (QED) is 0.699. The molecule has 6 nitrogen and oxygen atoms in total. The first kappa shape index (κ1) is 21.2. The normalized spacial score (nSPS) is 18.3. The average molecular weight is 429 g/mol. The number of Topliss-reactive ketones (excluding diaryl/α,β-unsaturated/α-hetero) is 1. The van der Waals surface area contributed by atoms with E-state index in [0.29, 0.717) is 17.4 Å². The molecule has 0 atom stereocenters. The van der Waals surface area contributed by atoms with Gasteiger partial charge in [-0.3, -0.25) is 9.78 Å². The fourth-order valence-electron chi connectivity index (χ4n) is 4.12. The molecule has 2 saturated heterocycles. The Labute approximate surface area is 182 Å². The molecule has 0 amide bonds. The van der Waals surface area contributed by atoms with Gasteiger partial charge in [-0.05, 0) is 62.9 Å². The summed E-state index contributed by atoms with van der Waals surface area (Å²) in [5.74, 6) is 1.83. The third kappa shape index (κ3) is 5.56. The van der Waals surface area contributed by atoms with Gasteiger partial charge in [0.2, 0.25) is 0 Å². The van der Waals surface area contributed by atoms with Crippen molar-refractivity contribution < 1.29 is 9.53 Å². The number of halogens is 1. The van der Waals surface area contributed by atoms with Crippen LogP contribution in [-0.2, 0) is 16.0 Å². The molecule has 7 heteroatoms. The van der Waals surface area contributed by atoms with Crippen LogP contribution in [0.5, 0.6) is 0 Å². The molecule has 4 rings (SSSR count). The summed E-state index contributed by atoms with van der Waals surface area (Å²) in [6.07, 6.45) is 5.94. The van der Waals surface area contributed by atoms with Crippen LogP contribution in [0.4, 0.5) is 5.82 Å². The molecule has 2 aliphatic heterocycles. The number of hydrogen-bond acceptors (Lipinski definition) is 6. The summed E-state index contributed by atoms with van der Waals surface area (Å²) in [4.78, 5) is 21.8. The molecule has 2 fully saturated rings. The predicted molar refractivity (Wildman–Crippen MR) is 119 cm³/mol. The Bertz CT molecular complexity index is 864. The lowest BCUT2D eigenvalue weighted by molar-refractivity contribution is -0.123. The van der Waals surface area contributed by atoms with Gasteiger partial charge in [0.15, 0.2) is 0 Å². The molecule has 2 N–H and O–H groups in total. The summed E-state index contributed by atoms with van der Waals surface area (Å²) in [6.45, 7) is 4.39. The van der Waals surface area contributed by atoms with Crippen molar-refractivity contribution in [2.75, 3.05) is 38.2 Å². The van der Waals surface area contributed by atoms with E-state index in [0.717, 1.165) is 81.3 Å². The Kier molecular flexibility index (Phi) is 7.31. The van der Waals surface area contributed by atoms with Crippen LogP contribution in [0.3, 0.4) is 0 Å². The van der Waals surface area contributed by atoms with E-state index in [1.807, 2.05) is 24.3 Å². The SMILES string of the molecule is O=C(Cc1cc(-c2cccc(NCC3CCOCC3)n2)c(Cl)cn1)C1CCNCC1.